The maximum atomic E-state index is 12.2. The molecule has 0 saturated carbocycles. The van der Waals surface area contributed by atoms with Gasteiger partial charge in [0.15, 0.2) is 0 Å². The van der Waals surface area contributed by atoms with E-state index in [1.54, 1.807) is 30.5 Å². The Hall–Kier alpha value is -2.63. The van der Waals surface area contributed by atoms with E-state index in [1.807, 2.05) is 24.3 Å². The molecule has 7 heteroatoms. The number of halogens is 2. The second kappa shape index (κ2) is 8.17. The van der Waals surface area contributed by atoms with Crippen molar-refractivity contribution in [2.24, 2.45) is 5.10 Å². The number of H-pyrrole nitrogens is 1. The van der Waals surface area contributed by atoms with Gasteiger partial charge in [-0.25, -0.2) is 5.43 Å². The van der Waals surface area contributed by atoms with Crippen molar-refractivity contribution >= 4 is 35.3 Å². The molecule has 0 radical (unpaired) electrons. The molecule has 0 bridgehead atoms. The van der Waals surface area contributed by atoms with E-state index in [4.69, 9.17) is 23.2 Å². The molecule has 3 rings (SSSR count). The van der Waals surface area contributed by atoms with Gasteiger partial charge in [-0.2, -0.15) is 10.2 Å². The number of aromatic nitrogens is 2. The van der Waals surface area contributed by atoms with Gasteiger partial charge >= 0.3 is 0 Å². The van der Waals surface area contributed by atoms with Crippen LogP contribution in [0.2, 0.25) is 10.0 Å². The lowest BCUT2D eigenvalue weighted by Crippen LogP contribution is -2.18. The van der Waals surface area contributed by atoms with Gasteiger partial charge in [0.2, 0.25) is 0 Å². The number of nitrogens with one attached hydrogen (secondary N) is 2. The Morgan fingerprint density at radius 2 is 1.96 bits per heavy atom. The molecule has 2 N–H and O–H groups in total. The molecule has 5 nitrogen and oxygen atoms in total. The van der Waals surface area contributed by atoms with Crippen LogP contribution in [0.5, 0.6) is 0 Å². The molecule has 1 aromatic heterocycles. The summed E-state index contributed by atoms with van der Waals surface area (Å²) in [4.78, 5) is 12.2. The van der Waals surface area contributed by atoms with Gasteiger partial charge in [-0.1, -0.05) is 54.4 Å². The van der Waals surface area contributed by atoms with E-state index in [0.29, 0.717) is 21.3 Å². The topological polar surface area (TPSA) is 70.1 Å². The average molecular weight is 387 g/mol. The summed E-state index contributed by atoms with van der Waals surface area (Å²) in [6, 6.07) is 14.7. The van der Waals surface area contributed by atoms with Crippen LogP contribution >= 0.6 is 23.2 Å². The first-order chi connectivity index (χ1) is 12.6. The highest BCUT2D eigenvalue weighted by atomic mass is 35.5. The largest absolute Gasteiger partial charge is 0.289 e. The predicted molar refractivity (Wildman–Crippen MR) is 105 cm³/mol. The van der Waals surface area contributed by atoms with Crippen LogP contribution in [0.25, 0.3) is 11.3 Å². The maximum Gasteiger partial charge on any atom is 0.289 e. The van der Waals surface area contributed by atoms with Crippen molar-refractivity contribution in [3.8, 4) is 11.3 Å². The first-order valence-electron chi connectivity index (χ1n) is 8.00. The number of hydrogen-bond acceptors (Lipinski definition) is 3. The van der Waals surface area contributed by atoms with Crippen molar-refractivity contribution in [2.45, 2.75) is 13.3 Å². The number of nitrogens with zero attached hydrogens (tertiary/aromatic N) is 2. The average Bonchev–Trinajstić information content (AvgIpc) is 3.12. The maximum absolute atomic E-state index is 12.2. The lowest BCUT2D eigenvalue weighted by molar-refractivity contribution is 0.0950. The summed E-state index contributed by atoms with van der Waals surface area (Å²) in [5.74, 6) is -0.393. The van der Waals surface area contributed by atoms with Gasteiger partial charge < -0.3 is 0 Å². The lowest BCUT2D eigenvalue weighted by atomic mass is 10.1. The standard InChI is InChI=1S/C19H16Cl2N4O/c1-2-12-3-5-13(6-4-12)11-22-25-19(26)18-10-17(23-24-18)15-8-7-14(20)9-16(15)21/h3-11H,2H2,1H3,(H,23,24)(H,25,26)/b22-11-. The van der Waals surface area contributed by atoms with Gasteiger partial charge in [0.25, 0.3) is 5.91 Å². The van der Waals surface area contributed by atoms with Crippen LogP contribution in [-0.4, -0.2) is 22.3 Å². The summed E-state index contributed by atoms with van der Waals surface area (Å²) in [7, 11) is 0. The Morgan fingerprint density at radius 1 is 1.19 bits per heavy atom. The second-order valence-corrected chi connectivity index (χ2v) is 6.43. The molecule has 0 saturated heterocycles. The molecule has 0 aliphatic rings. The second-order valence-electron chi connectivity index (χ2n) is 5.59. The minimum Gasteiger partial charge on any atom is -0.272 e. The Bertz CT molecular complexity index is 948. The quantitative estimate of drug-likeness (QED) is 0.492. The molecule has 1 heterocycles. The predicted octanol–water partition coefficient (Wildman–Crippen LogP) is 4.71. The summed E-state index contributed by atoms with van der Waals surface area (Å²) >= 11 is 12.1. The fourth-order valence-corrected chi connectivity index (χ4v) is 2.84. The van der Waals surface area contributed by atoms with Crippen LogP contribution in [0.1, 0.15) is 28.5 Å². The summed E-state index contributed by atoms with van der Waals surface area (Å²) in [6.07, 6.45) is 2.57. The summed E-state index contributed by atoms with van der Waals surface area (Å²) in [6.45, 7) is 2.10. The van der Waals surface area contributed by atoms with Crippen LogP contribution in [0.4, 0.5) is 0 Å². The molecule has 132 valence electrons. The van der Waals surface area contributed by atoms with Gasteiger partial charge in [-0.3, -0.25) is 9.89 Å². The van der Waals surface area contributed by atoms with Crippen molar-refractivity contribution in [1.29, 1.82) is 0 Å². The SMILES string of the molecule is CCc1ccc(/C=N\NC(=O)c2cc(-c3ccc(Cl)cc3Cl)n[nH]2)cc1. The molecule has 2 aromatic carbocycles. The van der Waals surface area contributed by atoms with E-state index in [9.17, 15) is 4.79 Å². The molecule has 0 spiro atoms. The molecule has 0 aliphatic carbocycles. The fourth-order valence-electron chi connectivity index (χ4n) is 2.34. The first kappa shape index (κ1) is 18.2. The van der Waals surface area contributed by atoms with Crippen LogP contribution < -0.4 is 5.43 Å². The zero-order chi connectivity index (χ0) is 18.5. The number of rotatable bonds is 5. The molecule has 0 aliphatic heterocycles. The van der Waals surface area contributed by atoms with E-state index in [1.165, 1.54) is 5.56 Å². The molecular weight excluding hydrogens is 371 g/mol. The van der Waals surface area contributed by atoms with Crippen molar-refractivity contribution in [3.05, 3.63) is 75.4 Å². The Labute approximate surface area is 161 Å². The number of carbonyl (C=O) groups is 1. The third-order valence-electron chi connectivity index (χ3n) is 3.80. The molecule has 0 atom stereocenters. The summed E-state index contributed by atoms with van der Waals surface area (Å²) in [5, 5.41) is 11.8. The summed E-state index contributed by atoms with van der Waals surface area (Å²) in [5.41, 5.74) is 6.14. The monoisotopic (exact) mass is 386 g/mol. The van der Waals surface area contributed by atoms with E-state index in [0.717, 1.165) is 12.0 Å². The fraction of sp³-hybridized carbons (Fsp3) is 0.105. The zero-order valence-electron chi connectivity index (χ0n) is 14.0. The number of carbonyl (C=O) groups excluding carboxylic acids is 1. The number of benzene rings is 2. The van der Waals surface area contributed by atoms with E-state index >= 15 is 0 Å². The number of aryl methyl sites for hydroxylation is 1. The number of aromatic amines is 1. The van der Waals surface area contributed by atoms with Gasteiger partial charge in [0.1, 0.15) is 5.69 Å². The third kappa shape index (κ3) is 4.31. The minimum atomic E-state index is -0.393. The van der Waals surface area contributed by atoms with Gasteiger partial charge in [0.05, 0.1) is 16.9 Å². The Morgan fingerprint density at radius 3 is 2.65 bits per heavy atom. The molecule has 1 amide bonds. The lowest BCUT2D eigenvalue weighted by Gasteiger charge is -2.00. The van der Waals surface area contributed by atoms with E-state index in [-0.39, 0.29) is 5.69 Å². The van der Waals surface area contributed by atoms with Gasteiger partial charge in [-0.05, 0) is 41.8 Å². The van der Waals surface area contributed by atoms with Crippen molar-refractivity contribution < 1.29 is 4.79 Å². The van der Waals surface area contributed by atoms with Crippen molar-refractivity contribution in [2.75, 3.05) is 0 Å². The number of amides is 1. The number of hydrogen-bond donors (Lipinski definition) is 2. The van der Waals surface area contributed by atoms with Crippen molar-refractivity contribution in [3.63, 3.8) is 0 Å². The van der Waals surface area contributed by atoms with Crippen LogP contribution in [0.3, 0.4) is 0 Å². The van der Waals surface area contributed by atoms with Crippen LogP contribution in [-0.2, 0) is 6.42 Å². The van der Waals surface area contributed by atoms with Crippen LogP contribution in [0, 0.1) is 0 Å². The molecule has 0 fully saturated rings. The summed E-state index contributed by atoms with van der Waals surface area (Å²) < 4.78 is 0. The molecular formula is C19H16Cl2N4O. The van der Waals surface area contributed by atoms with Crippen molar-refractivity contribution in [1.82, 2.24) is 15.6 Å². The Kier molecular flexibility index (Phi) is 5.71. The highest BCUT2D eigenvalue weighted by Crippen LogP contribution is 2.29. The molecule has 26 heavy (non-hydrogen) atoms. The highest BCUT2D eigenvalue weighted by molar-refractivity contribution is 6.36. The highest BCUT2D eigenvalue weighted by Gasteiger charge is 2.12. The Balaban J connectivity index is 1.67. The van der Waals surface area contributed by atoms with E-state index < -0.39 is 5.91 Å². The normalized spacial score (nSPS) is 11.0. The smallest absolute Gasteiger partial charge is 0.272 e. The third-order valence-corrected chi connectivity index (χ3v) is 4.35. The van der Waals surface area contributed by atoms with Crippen LogP contribution in [0.15, 0.2) is 53.6 Å². The minimum absolute atomic E-state index is 0.282. The molecule has 0 unspecified atom stereocenters. The first-order valence-corrected chi connectivity index (χ1v) is 8.75. The van der Waals surface area contributed by atoms with Gasteiger partial charge in [-0.15, -0.1) is 0 Å². The number of hydrazone groups is 1. The molecule has 3 aromatic rings. The van der Waals surface area contributed by atoms with E-state index in [2.05, 4.69) is 27.6 Å². The van der Waals surface area contributed by atoms with Gasteiger partial charge in [0, 0.05) is 10.6 Å². The zero-order valence-corrected chi connectivity index (χ0v) is 15.5.